The maximum Gasteiger partial charge on any atom is 0.183 e. The number of nitrogens with one attached hydrogen (secondary N) is 1. The molecule has 0 radical (unpaired) electrons. The maximum atomic E-state index is 4.74. The van der Waals surface area contributed by atoms with Gasteiger partial charge >= 0.3 is 0 Å². The molecule has 1 saturated carbocycles. The summed E-state index contributed by atoms with van der Waals surface area (Å²) in [6.45, 7) is 5.61. The van der Waals surface area contributed by atoms with Gasteiger partial charge in [-0.2, -0.15) is 0 Å². The second-order valence-corrected chi connectivity index (χ2v) is 7.20. The van der Waals surface area contributed by atoms with Crippen molar-refractivity contribution >= 4 is 26.7 Å². The molecule has 0 aliphatic heterocycles. The lowest BCUT2D eigenvalue weighted by molar-refractivity contribution is 0.233. The van der Waals surface area contributed by atoms with Gasteiger partial charge in [0.25, 0.3) is 0 Å². The van der Waals surface area contributed by atoms with E-state index in [-0.39, 0.29) is 0 Å². The molecule has 0 saturated heterocycles. The van der Waals surface area contributed by atoms with Crippen LogP contribution in [0.5, 0.6) is 0 Å². The lowest BCUT2D eigenvalue weighted by Gasteiger charge is -2.33. The molecule has 1 N–H and O–H groups in total. The molecule has 0 amide bonds. The van der Waals surface area contributed by atoms with Crippen molar-refractivity contribution in [3.8, 4) is 0 Å². The van der Waals surface area contributed by atoms with Gasteiger partial charge in [0.05, 0.1) is 10.2 Å². The summed E-state index contributed by atoms with van der Waals surface area (Å²) in [5.41, 5.74) is 2.89. The van der Waals surface area contributed by atoms with Crippen LogP contribution >= 0.6 is 11.3 Å². The number of hydrogen-bond acceptors (Lipinski definition) is 3. The zero-order valence-electron chi connectivity index (χ0n) is 11.8. The number of anilines is 1. The molecule has 1 aromatic heterocycles. The Morgan fingerprint density at radius 3 is 2.79 bits per heavy atom. The highest BCUT2D eigenvalue weighted by atomic mass is 32.1. The molecule has 1 aromatic carbocycles. The van der Waals surface area contributed by atoms with Crippen LogP contribution in [0.2, 0.25) is 0 Å². The third kappa shape index (κ3) is 2.76. The number of hydrogen-bond donors (Lipinski definition) is 1. The Bertz CT molecular complexity index is 567. The molecule has 0 spiro atoms. The minimum absolute atomic E-state index is 0.463. The Labute approximate surface area is 119 Å². The van der Waals surface area contributed by atoms with Crippen molar-refractivity contribution in [2.45, 2.75) is 46.0 Å². The van der Waals surface area contributed by atoms with Gasteiger partial charge in [0, 0.05) is 6.54 Å². The van der Waals surface area contributed by atoms with E-state index in [9.17, 15) is 0 Å². The number of nitrogens with zero attached hydrogens (tertiary/aromatic N) is 1. The Morgan fingerprint density at radius 1 is 1.26 bits per heavy atom. The van der Waals surface area contributed by atoms with E-state index in [1.807, 2.05) is 0 Å². The third-order valence-corrected chi connectivity index (χ3v) is 5.33. The van der Waals surface area contributed by atoms with Crippen LogP contribution in [0.15, 0.2) is 18.2 Å². The second-order valence-electron chi connectivity index (χ2n) is 6.17. The highest BCUT2D eigenvalue weighted by molar-refractivity contribution is 7.22. The monoisotopic (exact) mass is 274 g/mol. The SMILES string of the molecule is Cc1cccc2sc(NCC3(C)CCCCC3)nc12. The van der Waals surface area contributed by atoms with Gasteiger partial charge in [0.15, 0.2) is 5.13 Å². The number of rotatable bonds is 3. The van der Waals surface area contributed by atoms with Crippen LogP contribution < -0.4 is 5.32 Å². The van der Waals surface area contributed by atoms with Gasteiger partial charge < -0.3 is 5.32 Å². The van der Waals surface area contributed by atoms with E-state index in [1.54, 1.807) is 11.3 Å². The first kappa shape index (κ1) is 12.9. The van der Waals surface area contributed by atoms with Gasteiger partial charge in [-0.1, -0.05) is 49.7 Å². The van der Waals surface area contributed by atoms with Crippen molar-refractivity contribution in [1.29, 1.82) is 0 Å². The summed E-state index contributed by atoms with van der Waals surface area (Å²) in [5.74, 6) is 0. The van der Waals surface area contributed by atoms with Gasteiger partial charge in [0.1, 0.15) is 0 Å². The van der Waals surface area contributed by atoms with Crippen LogP contribution in [0.1, 0.15) is 44.6 Å². The Kier molecular flexibility index (Phi) is 3.48. The topological polar surface area (TPSA) is 24.9 Å². The van der Waals surface area contributed by atoms with Crippen LogP contribution in [0.4, 0.5) is 5.13 Å². The summed E-state index contributed by atoms with van der Waals surface area (Å²) in [7, 11) is 0. The van der Waals surface area contributed by atoms with E-state index in [0.717, 1.165) is 17.2 Å². The van der Waals surface area contributed by atoms with Crippen LogP contribution in [0, 0.1) is 12.3 Å². The van der Waals surface area contributed by atoms with E-state index in [1.165, 1.54) is 42.4 Å². The normalized spacial score (nSPS) is 18.6. The number of thiazole rings is 1. The smallest absolute Gasteiger partial charge is 0.183 e. The minimum atomic E-state index is 0.463. The molecule has 1 aliphatic rings. The Hall–Kier alpha value is -1.09. The molecule has 1 aliphatic carbocycles. The van der Waals surface area contributed by atoms with Crippen molar-refractivity contribution in [2.24, 2.45) is 5.41 Å². The predicted octanol–water partition coefficient (Wildman–Crippen LogP) is 4.99. The highest BCUT2D eigenvalue weighted by Crippen LogP contribution is 2.36. The molecule has 19 heavy (non-hydrogen) atoms. The second kappa shape index (κ2) is 5.12. The fraction of sp³-hybridized carbons (Fsp3) is 0.562. The van der Waals surface area contributed by atoms with Crippen molar-refractivity contribution in [2.75, 3.05) is 11.9 Å². The molecule has 102 valence electrons. The fourth-order valence-electron chi connectivity index (χ4n) is 3.03. The largest absolute Gasteiger partial charge is 0.361 e. The Morgan fingerprint density at radius 2 is 2.05 bits per heavy atom. The van der Waals surface area contributed by atoms with Gasteiger partial charge in [-0.05, 0) is 36.8 Å². The first-order chi connectivity index (χ1) is 9.16. The van der Waals surface area contributed by atoms with Crippen molar-refractivity contribution in [1.82, 2.24) is 4.98 Å². The molecule has 0 unspecified atom stereocenters. The van der Waals surface area contributed by atoms with Crippen LogP contribution in [-0.2, 0) is 0 Å². The van der Waals surface area contributed by atoms with Crippen molar-refractivity contribution in [3.05, 3.63) is 23.8 Å². The lowest BCUT2D eigenvalue weighted by Crippen LogP contribution is -2.28. The summed E-state index contributed by atoms with van der Waals surface area (Å²) in [6, 6.07) is 6.41. The first-order valence-electron chi connectivity index (χ1n) is 7.26. The Balaban J connectivity index is 1.73. The quantitative estimate of drug-likeness (QED) is 0.853. The average molecular weight is 274 g/mol. The number of para-hydroxylation sites is 1. The van der Waals surface area contributed by atoms with Gasteiger partial charge in [-0.25, -0.2) is 4.98 Å². The van der Waals surface area contributed by atoms with Crippen LogP contribution in [-0.4, -0.2) is 11.5 Å². The molecule has 3 heteroatoms. The van der Waals surface area contributed by atoms with E-state index in [0.29, 0.717) is 5.41 Å². The average Bonchev–Trinajstić information content (AvgIpc) is 2.82. The number of fused-ring (bicyclic) bond motifs is 1. The first-order valence-corrected chi connectivity index (χ1v) is 8.08. The molecule has 0 atom stereocenters. The summed E-state index contributed by atoms with van der Waals surface area (Å²) in [4.78, 5) is 4.74. The van der Waals surface area contributed by atoms with Crippen LogP contribution in [0.25, 0.3) is 10.2 Å². The van der Waals surface area contributed by atoms with Gasteiger partial charge in [-0.15, -0.1) is 0 Å². The molecule has 1 fully saturated rings. The summed E-state index contributed by atoms with van der Waals surface area (Å²) < 4.78 is 1.29. The predicted molar refractivity (Wildman–Crippen MR) is 84.0 cm³/mol. The van der Waals surface area contributed by atoms with Crippen molar-refractivity contribution < 1.29 is 0 Å². The molecule has 2 aromatic rings. The third-order valence-electron chi connectivity index (χ3n) is 4.35. The molecule has 1 heterocycles. The van der Waals surface area contributed by atoms with Gasteiger partial charge in [0.2, 0.25) is 0 Å². The molecule has 3 rings (SSSR count). The maximum absolute atomic E-state index is 4.74. The molecular formula is C16H22N2S. The highest BCUT2D eigenvalue weighted by Gasteiger charge is 2.26. The minimum Gasteiger partial charge on any atom is -0.361 e. The zero-order chi connectivity index (χ0) is 13.3. The number of aromatic nitrogens is 1. The standard InChI is InChI=1S/C16H22N2S/c1-12-7-6-8-13-14(12)18-15(19-13)17-11-16(2)9-4-3-5-10-16/h6-8H,3-5,9-11H2,1-2H3,(H,17,18). The van der Waals surface area contributed by atoms with E-state index >= 15 is 0 Å². The zero-order valence-corrected chi connectivity index (χ0v) is 12.6. The number of benzene rings is 1. The molecule has 0 bridgehead atoms. The summed E-state index contributed by atoms with van der Waals surface area (Å²) in [5, 5.41) is 4.66. The lowest BCUT2D eigenvalue weighted by atomic mass is 9.76. The van der Waals surface area contributed by atoms with E-state index < -0.39 is 0 Å². The summed E-state index contributed by atoms with van der Waals surface area (Å²) >= 11 is 1.78. The van der Waals surface area contributed by atoms with Crippen molar-refractivity contribution in [3.63, 3.8) is 0 Å². The molecule has 2 nitrogen and oxygen atoms in total. The van der Waals surface area contributed by atoms with Gasteiger partial charge in [-0.3, -0.25) is 0 Å². The summed E-state index contributed by atoms with van der Waals surface area (Å²) in [6.07, 6.45) is 6.89. The van der Waals surface area contributed by atoms with E-state index in [4.69, 9.17) is 4.98 Å². The molecular weight excluding hydrogens is 252 g/mol. The number of aryl methyl sites for hydroxylation is 1. The van der Waals surface area contributed by atoms with E-state index in [2.05, 4.69) is 37.4 Å². The van der Waals surface area contributed by atoms with Crippen LogP contribution in [0.3, 0.4) is 0 Å². The fourth-order valence-corrected chi connectivity index (χ4v) is 3.97.